The molecule has 0 amide bonds. The highest BCUT2D eigenvalue weighted by molar-refractivity contribution is 7.12. The van der Waals surface area contributed by atoms with Gasteiger partial charge < -0.3 is 4.74 Å². The molecule has 4 nitrogen and oxygen atoms in total. The lowest BCUT2D eigenvalue weighted by molar-refractivity contribution is 0.340. The Bertz CT molecular complexity index is 928. The van der Waals surface area contributed by atoms with Crippen LogP contribution in [0.25, 0.3) is 0 Å². The lowest BCUT2D eigenvalue weighted by atomic mass is 10.1. The van der Waals surface area contributed by atoms with E-state index in [0.29, 0.717) is 6.61 Å². The topological polar surface area (TPSA) is 46.0 Å². The number of hydrogen-bond donors (Lipinski definition) is 1. The van der Waals surface area contributed by atoms with Crippen molar-refractivity contribution in [2.75, 3.05) is 6.61 Å². The molecule has 1 aromatic heterocycles. The maximum atomic E-state index is 5.51. The normalized spacial score (nSPS) is 13.2. The van der Waals surface area contributed by atoms with Crippen LogP contribution in [-0.4, -0.2) is 18.2 Å². The summed E-state index contributed by atoms with van der Waals surface area (Å²) in [6, 6.07) is 20.1. The van der Waals surface area contributed by atoms with E-state index in [4.69, 9.17) is 9.73 Å². The van der Waals surface area contributed by atoms with Gasteiger partial charge in [-0.05, 0) is 48.7 Å². The molecule has 3 aromatic rings. The van der Waals surface area contributed by atoms with Crippen molar-refractivity contribution in [2.24, 2.45) is 10.1 Å². The molecular formula is C20H17N3OS. The second-order valence-corrected chi connectivity index (χ2v) is 6.43. The SMILES string of the molecule is CCOc1ccc(C2=Nc3ccccc3C(c3cccs3)=NN2)cc1. The highest BCUT2D eigenvalue weighted by Gasteiger charge is 2.17. The van der Waals surface area contributed by atoms with E-state index in [-0.39, 0.29) is 0 Å². The van der Waals surface area contributed by atoms with Crippen molar-refractivity contribution in [2.45, 2.75) is 6.92 Å². The number of hydrogen-bond acceptors (Lipinski definition) is 5. The highest BCUT2D eigenvalue weighted by Crippen LogP contribution is 2.27. The van der Waals surface area contributed by atoms with Crippen LogP contribution in [0.4, 0.5) is 5.69 Å². The zero-order valence-electron chi connectivity index (χ0n) is 13.8. The third-order valence-corrected chi connectivity index (χ3v) is 4.73. The van der Waals surface area contributed by atoms with Gasteiger partial charge in [-0.25, -0.2) is 4.99 Å². The fourth-order valence-corrected chi connectivity index (χ4v) is 3.42. The smallest absolute Gasteiger partial charge is 0.154 e. The number of benzene rings is 2. The molecule has 2 heterocycles. The van der Waals surface area contributed by atoms with Gasteiger partial charge in [0.25, 0.3) is 0 Å². The molecular weight excluding hydrogens is 330 g/mol. The molecule has 124 valence electrons. The third kappa shape index (κ3) is 3.19. The predicted octanol–water partition coefficient (Wildman–Crippen LogP) is 4.58. The summed E-state index contributed by atoms with van der Waals surface area (Å²) in [5.41, 5.74) is 6.95. The van der Waals surface area contributed by atoms with E-state index in [1.807, 2.05) is 55.5 Å². The minimum atomic E-state index is 0.653. The van der Waals surface area contributed by atoms with E-state index in [9.17, 15) is 0 Å². The van der Waals surface area contributed by atoms with Crippen molar-refractivity contribution in [3.63, 3.8) is 0 Å². The molecule has 0 saturated carbocycles. The van der Waals surface area contributed by atoms with Gasteiger partial charge in [-0.3, -0.25) is 5.43 Å². The zero-order valence-corrected chi connectivity index (χ0v) is 14.6. The average molecular weight is 347 g/mol. The van der Waals surface area contributed by atoms with Crippen LogP contribution in [-0.2, 0) is 0 Å². The van der Waals surface area contributed by atoms with Crippen LogP contribution in [0.3, 0.4) is 0 Å². The molecule has 0 fully saturated rings. The summed E-state index contributed by atoms with van der Waals surface area (Å²) < 4.78 is 5.51. The molecule has 1 aliphatic heterocycles. The van der Waals surface area contributed by atoms with Crippen molar-refractivity contribution >= 4 is 28.6 Å². The van der Waals surface area contributed by atoms with Gasteiger partial charge in [0.1, 0.15) is 11.5 Å². The van der Waals surface area contributed by atoms with Crippen LogP contribution < -0.4 is 10.2 Å². The van der Waals surface area contributed by atoms with Crippen molar-refractivity contribution in [1.29, 1.82) is 0 Å². The van der Waals surface area contributed by atoms with E-state index < -0.39 is 0 Å². The molecule has 1 aliphatic rings. The van der Waals surface area contributed by atoms with Crippen LogP contribution in [0.5, 0.6) is 5.75 Å². The molecule has 0 unspecified atom stereocenters. The number of aliphatic imine (C=N–C) groups is 1. The van der Waals surface area contributed by atoms with Gasteiger partial charge in [-0.1, -0.05) is 24.3 Å². The molecule has 25 heavy (non-hydrogen) atoms. The van der Waals surface area contributed by atoms with E-state index in [2.05, 4.69) is 28.0 Å². The molecule has 0 saturated heterocycles. The van der Waals surface area contributed by atoms with Crippen molar-refractivity contribution in [3.8, 4) is 5.75 Å². The van der Waals surface area contributed by atoms with Gasteiger partial charge in [0.15, 0.2) is 5.84 Å². The number of rotatable bonds is 4. The summed E-state index contributed by atoms with van der Waals surface area (Å²) in [4.78, 5) is 5.91. The molecule has 0 radical (unpaired) electrons. The Morgan fingerprint density at radius 1 is 1.00 bits per heavy atom. The summed E-state index contributed by atoms with van der Waals surface area (Å²) >= 11 is 1.67. The predicted molar refractivity (Wildman–Crippen MR) is 103 cm³/mol. The zero-order chi connectivity index (χ0) is 17.1. The van der Waals surface area contributed by atoms with Crippen LogP contribution >= 0.6 is 11.3 Å². The average Bonchev–Trinajstić information content (AvgIpc) is 3.10. The van der Waals surface area contributed by atoms with Gasteiger partial charge in [-0.2, -0.15) is 5.10 Å². The second-order valence-electron chi connectivity index (χ2n) is 5.48. The van der Waals surface area contributed by atoms with E-state index >= 15 is 0 Å². The maximum absolute atomic E-state index is 5.51. The number of ether oxygens (including phenoxy) is 1. The van der Waals surface area contributed by atoms with Crippen LogP contribution in [0.2, 0.25) is 0 Å². The standard InChI is InChI=1S/C20H17N3OS/c1-2-24-15-11-9-14(10-12-15)20-21-17-7-4-3-6-16(17)19(22-23-20)18-8-5-13-25-18/h3-13H,2H2,1H3,(H,21,23). The van der Waals surface area contributed by atoms with Crippen molar-refractivity contribution in [1.82, 2.24) is 5.43 Å². The lowest BCUT2D eigenvalue weighted by Crippen LogP contribution is -2.19. The monoisotopic (exact) mass is 347 g/mol. The van der Waals surface area contributed by atoms with Crippen molar-refractivity contribution in [3.05, 3.63) is 82.0 Å². The highest BCUT2D eigenvalue weighted by atomic mass is 32.1. The van der Waals surface area contributed by atoms with Gasteiger partial charge in [0.05, 0.1) is 17.2 Å². The Morgan fingerprint density at radius 2 is 1.84 bits per heavy atom. The Hall–Kier alpha value is -2.92. The Labute approximate surface area is 150 Å². The fourth-order valence-electron chi connectivity index (χ4n) is 2.69. The van der Waals surface area contributed by atoms with E-state index in [0.717, 1.165) is 39.0 Å². The lowest BCUT2D eigenvalue weighted by Gasteiger charge is -2.07. The van der Waals surface area contributed by atoms with Crippen LogP contribution in [0, 0.1) is 0 Å². The first kappa shape index (κ1) is 15.6. The number of thiophene rings is 1. The summed E-state index contributed by atoms with van der Waals surface area (Å²) in [5.74, 6) is 1.57. The van der Waals surface area contributed by atoms with Gasteiger partial charge in [0, 0.05) is 11.1 Å². The van der Waals surface area contributed by atoms with E-state index in [1.165, 1.54) is 0 Å². The van der Waals surface area contributed by atoms with Crippen LogP contribution in [0.1, 0.15) is 22.9 Å². The molecule has 1 N–H and O–H groups in total. The minimum Gasteiger partial charge on any atom is -0.494 e. The Balaban J connectivity index is 1.75. The van der Waals surface area contributed by atoms with Crippen LogP contribution in [0.15, 0.2) is 76.1 Å². The molecule has 0 atom stereocenters. The third-order valence-electron chi connectivity index (χ3n) is 3.86. The van der Waals surface area contributed by atoms with Gasteiger partial charge in [0.2, 0.25) is 0 Å². The molecule has 4 rings (SSSR count). The summed E-state index contributed by atoms with van der Waals surface area (Å²) in [7, 11) is 0. The molecule has 5 heteroatoms. The first-order valence-corrected chi connectivity index (χ1v) is 9.02. The van der Waals surface area contributed by atoms with Crippen molar-refractivity contribution < 1.29 is 4.74 Å². The summed E-state index contributed by atoms with van der Waals surface area (Å²) in [6.45, 7) is 2.63. The molecule has 0 spiro atoms. The molecule has 2 aromatic carbocycles. The quantitative estimate of drug-likeness (QED) is 0.751. The summed E-state index contributed by atoms with van der Waals surface area (Å²) in [5, 5.41) is 6.69. The number of nitrogens with zero attached hydrogens (tertiary/aromatic N) is 2. The number of para-hydroxylation sites is 1. The number of nitrogens with one attached hydrogen (secondary N) is 1. The Morgan fingerprint density at radius 3 is 2.60 bits per heavy atom. The maximum Gasteiger partial charge on any atom is 0.154 e. The minimum absolute atomic E-state index is 0.653. The van der Waals surface area contributed by atoms with Gasteiger partial charge >= 0.3 is 0 Å². The second kappa shape index (κ2) is 6.91. The molecule has 0 aliphatic carbocycles. The number of amidine groups is 1. The van der Waals surface area contributed by atoms with E-state index in [1.54, 1.807) is 11.3 Å². The first-order chi connectivity index (χ1) is 12.3. The number of fused-ring (bicyclic) bond motifs is 1. The largest absolute Gasteiger partial charge is 0.494 e. The molecule has 0 bridgehead atoms. The fraction of sp³-hybridized carbons (Fsp3) is 0.100. The summed E-state index contributed by atoms with van der Waals surface area (Å²) in [6.07, 6.45) is 0. The Kier molecular flexibility index (Phi) is 4.31. The van der Waals surface area contributed by atoms with Gasteiger partial charge in [-0.15, -0.1) is 11.3 Å². The number of hydrazone groups is 1. The first-order valence-electron chi connectivity index (χ1n) is 8.14.